The minimum Gasteiger partial charge on any atom is -0.315 e. The Bertz CT molecular complexity index is 3010. The molecular formula is C53H36N4. The predicted octanol–water partition coefficient (Wildman–Crippen LogP) is 13.5. The molecule has 11 rings (SSSR count). The van der Waals surface area contributed by atoms with E-state index in [0.29, 0.717) is 5.82 Å². The quantitative estimate of drug-likeness (QED) is 0.164. The maximum absolute atomic E-state index is 5.20. The topological polar surface area (TPSA) is 35.6 Å². The maximum Gasteiger partial charge on any atom is 0.160 e. The van der Waals surface area contributed by atoms with Crippen LogP contribution in [0.4, 0.5) is 0 Å². The number of fused-ring (bicyclic) bond motifs is 6. The molecule has 0 radical (unpaired) electrons. The third kappa shape index (κ3) is 5.61. The molecule has 4 nitrogen and oxygen atoms in total. The molecule has 4 heteroatoms. The Kier molecular flexibility index (Phi) is 7.85. The van der Waals surface area contributed by atoms with Crippen LogP contribution in [0.5, 0.6) is 0 Å². The van der Waals surface area contributed by atoms with E-state index in [0.717, 1.165) is 33.6 Å². The zero-order valence-electron chi connectivity index (χ0n) is 31.1. The van der Waals surface area contributed by atoms with Gasteiger partial charge in [-0.05, 0) is 53.1 Å². The van der Waals surface area contributed by atoms with Crippen molar-refractivity contribution in [1.29, 1.82) is 0 Å². The summed E-state index contributed by atoms with van der Waals surface area (Å²) in [6.07, 6.45) is -0.185. The molecule has 268 valence electrons. The average Bonchev–Trinajstić information content (AvgIpc) is 3.80. The molecule has 3 heterocycles. The lowest BCUT2D eigenvalue weighted by molar-refractivity contribution is 0.562. The lowest BCUT2D eigenvalue weighted by Gasteiger charge is -2.26. The van der Waals surface area contributed by atoms with Crippen molar-refractivity contribution < 1.29 is 0 Å². The van der Waals surface area contributed by atoms with E-state index in [1.54, 1.807) is 0 Å². The van der Waals surface area contributed by atoms with Crippen LogP contribution in [0.15, 0.2) is 212 Å². The van der Waals surface area contributed by atoms with Crippen molar-refractivity contribution in [2.75, 3.05) is 0 Å². The van der Waals surface area contributed by atoms with Crippen molar-refractivity contribution in [2.45, 2.75) is 6.17 Å². The molecule has 0 unspecified atom stereocenters. The zero-order valence-corrected chi connectivity index (χ0v) is 31.1. The summed E-state index contributed by atoms with van der Waals surface area (Å²) in [5, 5.41) is 4.98. The molecule has 0 spiro atoms. The van der Waals surface area contributed by atoms with Gasteiger partial charge in [0.1, 0.15) is 6.17 Å². The first-order chi connectivity index (χ1) is 28.3. The first-order valence-electron chi connectivity index (χ1n) is 19.4. The van der Waals surface area contributed by atoms with Gasteiger partial charge in [0.05, 0.1) is 33.5 Å². The van der Waals surface area contributed by atoms with Crippen molar-refractivity contribution in [3.63, 3.8) is 0 Å². The predicted molar refractivity (Wildman–Crippen MR) is 236 cm³/mol. The number of para-hydroxylation sites is 4. The van der Waals surface area contributed by atoms with Gasteiger partial charge in [-0.3, -0.25) is 0 Å². The van der Waals surface area contributed by atoms with Gasteiger partial charge in [-0.1, -0.05) is 176 Å². The van der Waals surface area contributed by atoms with Crippen LogP contribution in [0, 0.1) is 0 Å². The SMILES string of the molecule is c1ccc(-c2cccc(-c3cc(-c4ccc(C(n5c6ccccc6c6ccccc65)n5c6ccccc6c6ccccc65)cc4)nc(-c4ccccc4)n3)c2)cc1. The van der Waals surface area contributed by atoms with E-state index in [4.69, 9.17) is 9.97 Å². The number of benzene rings is 8. The van der Waals surface area contributed by atoms with Gasteiger partial charge in [0, 0.05) is 38.2 Å². The number of hydrogen-bond acceptors (Lipinski definition) is 2. The van der Waals surface area contributed by atoms with Crippen LogP contribution in [-0.2, 0) is 0 Å². The number of aromatic nitrogens is 4. The van der Waals surface area contributed by atoms with E-state index in [9.17, 15) is 0 Å². The molecule has 0 aliphatic heterocycles. The molecule has 8 aromatic carbocycles. The molecule has 0 amide bonds. The monoisotopic (exact) mass is 728 g/mol. The Balaban J connectivity index is 1.11. The fourth-order valence-electron chi connectivity index (χ4n) is 8.62. The zero-order chi connectivity index (χ0) is 37.7. The van der Waals surface area contributed by atoms with Crippen LogP contribution in [0.25, 0.3) is 88.6 Å². The molecule has 57 heavy (non-hydrogen) atoms. The van der Waals surface area contributed by atoms with Gasteiger partial charge in [0.2, 0.25) is 0 Å². The van der Waals surface area contributed by atoms with E-state index in [1.807, 2.05) is 18.2 Å². The van der Waals surface area contributed by atoms with Gasteiger partial charge in [-0.2, -0.15) is 0 Å². The summed E-state index contributed by atoms with van der Waals surface area (Å²) in [5.41, 5.74) is 13.1. The minimum absolute atomic E-state index is 0.185. The molecule has 11 aromatic rings. The highest BCUT2D eigenvalue weighted by atomic mass is 15.2. The second kappa shape index (κ2) is 13.6. The number of hydrogen-bond donors (Lipinski definition) is 0. The van der Waals surface area contributed by atoms with Crippen LogP contribution >= 0.6 is 0 Å². The summed E-state index contributed by atoms with van der Waals surface area (Å²) in [7, 11) is 0. The minimum atomic E-state index is -0.185. The van der Waals surface area contributed by atoms with Crippen LogP contribution in [0.1, 0.15) is 11.7 Å². The molecule has 0 aliphatic rings. The Morgan fingerprint density at radius 2 is 0.702 bits per heavy atom. The van der Waals surface area contributed by atoms with Crippen LogP contribution in [-0.4, -0.2) is 19.1 Å². The first kappa shape index (κ1) is 32.8. The van der Waals surface area contributed by atoms with Gasteiger partial charge >= 0.3 is 0 Å². The number of nitrogens with zero attached hydrogens (tertiary/aromatic N) is 4. The van der Waals surface area contributed by atoms with Crippen LogP contribution in [0.2, 0.25) is 0 Å². The van der Waals surface area contributed by atoms with Gasteiger partial charge < -0.3 is 9.13 Å². The Labute approximate surface area is 330 Å². The van der Waals surface area contributed by atoms with Crippen molar-refractivity contribution >= 4 is 43.6 Å². The second-order valence-electron chi connectivity index (χ2n) is 14.6. The van der Waals surface area contributed by atoms with Crippen LogP contribution < -0.4 is 0 Å². The van der Waals surface area contributed by atoms with Gasteiger partial charge in [-0.25, -0.2) is 9.97 Å². The molecule has 0 saturated carbocycles. The highest BCUT2D eigenvalue weighted by molar-refractivity contribution is 6.10. The van der Waals surface area contributed by atoms with Crippen molar-refractivity contribution in [3.8, 4) is 45.0 Å². The largest absolute Gasteiger partial charge is 0.315 e. The van der Waals surface area contributed by atoms with Crippen LogP contribution in [0.3, 0.4) is 0 Å². The standard InChI is InChI=1S/C53H36N4/c1-3-16-36(17-4-1)40-20-15-21-41(34-40)47-35-46(54-52(55-47)38-18-5-2-6-19-38)37-30-32-39(33-31-37)53(56-48-26-11-7-22-42(48)43-23-8-12-27-49(43)56)57-50-28-13-9-24-44(50)45-25-10-14-29-51(45)57/h1-35,53H. The van der Waals surface area contributed by atoms with E-state index in [2.05, 4.69) is 203 Å². The fraction of sp³-hybridized carbons (Fsp3) is 0.0189. The summed E-state index contributed by atoms with van der Waals surface area (Å²) in [6, 6.07) is 75.7. The summed E-state index contributed by atoms with van der Waals surface area (Å²) >= 11 is 0. The molecule has 0 aliphatic carbocycles. The Morgan fingerprint density at radius 1 is 0.298 bits per heavy atom. The smallest absolute Gasteiger partial charge is 0.160 e. The van der Waals surface area contributed by atoms with Crippen molar-refractivity contribution in [1.82, 2.24) is 19.1 Å². The summed E-state index contributed by atoms with van der Waals surface area (Å²) in [4.78, 5) is 10.3. The highest BCUT2D eigenvalue weighted by Gasteiger charge is 2.25. The molecule has 3 aromatic heterocycles. The summed E-state index contributed by atoms with van der Waals surface area (Å²) < 4.78 is 5.04. The lowest BCUT2D eigenvalue weighted by atomic mass is 10.00. The summed E-state index contributed by atoms with van der Waals surface area (Å²) in [5.74, 6) is 0.700. The van der Waals surface area contributed by atoms with E-state index >= 15 is 0 Å². The second-order valence-corrected chi connectivity index (χ2v) is 14.6. The van der Waals surface area contributed by atoms with Gasteiger partial charge in [-0.15, -0.1) is 0 Å². The Hall–Kier alpha value is -7.56. The molecule has 0 bridgehead atoms. The van der Waals surface area contributed by atoms with E-state index in [1.165, 1.54) is 54.7 Å². The highest BCUT2D eigenvalue weighted by Crippen LogP contribution is 2.41. The normalized spacial score (nSPS) is 11.7. The first-order valence-corrected chi connectivity index (χ1v) is 19.4. The lowest BCUT2D eigenvalue weighted by Crippen LogP contribution is -2.19. The fourth-order valence-corrected chi connectivity index (χ4v) is 8.62. The average molecular weight is 729 g/mol. The van der Waals surface area contributed by atoms with Crippen molar-refractivity contribution in [3.05, 3.63) is 218 Å². The number of rotatable bonds is 7. The molecule has 0 fully saturated rings. The van der Waals surface area contributed by atoms with Crippen molar-refractivity contribution in [2.24, 2.45) is 0 Å². The van der Waals surface area contributed by atoms with Gasteiger partial charge in [0.15, 0.2) is 5.82 Å². The third-order valence-electron chi connectivity index (χ3n) is 11.3. The molecule has 0 saturated heterocycles. The molecular weight excluding hydrogens is 693 g/mol. The molecule has 0 N–H and O–H groups in total. The third-order valence-corrected chi connectivity index (χ3v) is 11.3. The Morgan fingerprint density at radius 3 is 1.21 bits per heavy atom. The van der Waals surface area contributed by atoms with E-state index < -0.39 is 0 Å². The summed E-state index contributed by atoms with van der Waals surface area (Å²) in [6.45, 7) is 0. The maximum atomic E-state index is 5.20. The molecule has 0 atom stereocenters. The van der Waals surface area contributed by atoms with E-state index in [-0.39, 0.29) is 6.17 Å². The van der Waals surface area contributed by atoms with Gasteiger partial charge in [0.25, 0.3) is 0 Å².